The van der Waals surface area contributed by atoms with Crippen molar-refractivity contribution in [3.05, 3.63) is 53.2 Å². The minimum atomic E-state index is -3.51. The van der Waals surface area contributed by atoms with Gasteiger partial charge in [0.05, 0.1) is 0 Å². The molecule has 4 rings (SSSR count). The van der Waals surface area contributed by atoms with Crippen LogP contribution in [0.1, 0.15) is 18.4 Å². The predicted molar refractivity (Wildman–Crippen MR) is 116 cm³/mol. The highest BCUT2D eigenvalue weighted by atomic mass is 35.5. The minimum Gasteiger partial charge on any atom is -0.450 e. The quantitative estimate of drug-likeness (QED) is 0.605. The minimum absolute atomic E-state index is 0.0439. The summed E-state index contributed by atoms with van der Waals surface area (Å²) in [5.41, 5.74) is 1.18. The number of nitrogens with one attached hydrogen (secondary N) is 1. The Bertz CT molecular complexity index is 981. The van der Waals surface area contributed by atoms with E-state index in [0.29, 0.717) is 43.1 Å². The van der Waals surface area contributed by atoms with E-state index in [1.54, 1.807) is 12.1 Å². The van der Waals surface area contributed by atoms with Crippen molar-refractivity contribution in [1.82, 2.24) is 19.2 Å². The molecule has 1 saturated carbocycles. The lowest BCUT2D eigenvalue weighted by atomic mass is 10.1. The van der Waals surface area contributed by atoms with E-state index < -0.39 is 16.4 Å². The van der Waals surface area contributed by atoms with Gasteiger partial charge < -0.3 is 15.1 Å². The number of piperazine rings is 1. The van der Waals surface area contributed by atoms with Gasteiger partial charge in [0.25, 0.3) is 10.2 Å². The molecule has 12 heteroatoms. The third kappa shape index (κ3) is 6.03. The second kappa shape index (κ2) is 9.77. The molecule has 2 aromatic rings. The van der Waals surface area contributed by atoms with Gasteiger partial charge in [-0.15, -0.1) is 10.2 Å². The molecule has 1 aliphatic heterocycles. The highest BCUT2D eigenvalue weighted by molar-refractivity contribution is 7.87. The van der Waals surface area contributed by atoms with Gasteiger partial charge in [0.15, 0.2) is 11.0 Å². The number of halogens is 1. The van der Waals surface area contributed by atoms with Crippen LogP contribution in [-0.4, -0.2) is 71.5 Å². The molecule has 0 radical (unpaired) electrons. The van der Waals surface area contributed by atoms with E-state index in [2.05, 4.69) is 34.0 Å². The lowest BCUT2D eigenvalue weighted by molar-refractivity contribution is 0.137. The first-order chi connectivity index (χ1) is 14.7. The number of rotatable bonds is 5. The molecule has 10 nitrogen and oxygen atoms in total. The average molecular weight is 470 g/mol. The molecule has 1 saturated heterocycles. The molecule has 31 heavy (non-hydrogen) atoms. The molecule has 3 atom stereocenters. The van der Waals surface area contributed by atoms with E-state index >= 15 is 0 Å². The Morgan fingerprint density at radius 1 is 1.06 bits per heavy atom. The van der Waals surface area contributed by atoms with Crippen molar-refractivity contribution < 1.29 is 23.4 Å². The molecule has 1 aliphatic carbocycles. The van der Waals surface area contributed by atoms with Crippen LogP contribution in [0, 0.1) is 5.92 Å². The molecule has 2 heterocycles. The Hall–Kier alpha value is -2.47. The van der Waals surface area contributed by atoms with Crippen molar-refractivity contribution in [3.8, 4) is 0 Å². The first-order valence-corrected chi connectivity index (χ1v) is 11.5. The summed E-state index contributed by atoms with van der Waals surface area (Å²) < 4.78 is 30.0. The first-order valence-electron chi connectivity index (χ1n) is 9.67. The average Bonchev–Trinajstić information content (AvgIpc) is 3.36. The van der Waals surface area contributed by atoms with Gasteiger partial charge >= 0.3 is 6.16 Å². The molecule has 0 bridgehead atoms. The summed E-state index contributed by atoms with van der Waals surface area (Å²) in [5, 5.41) is 22.2. The zero-order valence-corrected chi connectivity index (χ0v) is 18.4. The monoisotopic (exact) mass is 469 g/mol. The van der Waals surface area contributed by atoms with Crippen LogP contribution in [0.25, 0.3) is 0 Å². The van der Waals surface area contributed by atoms with Crippen LogP contribution in [0.15, 0.2) is 42.5 Å². The normalized spacial score (nSPS) is 23.5. The molecule has 3 N–H and O–H groups in total. The maximum atomic E-state index is 12.8. The van der Waals surface area contributed by atoms with Crippen LogP contribution in [-0.2, 0) is 10.2 Å². The maximum absolute atomic E-state index is 12.8. The van der Waals surface area contributed by atoms with E-state index in [1.165, 1.54) is 9.87 Å². The van der Waals surface area contributed by atoms with E-state index in [-0.39, 0.29) is 12.0 Å². The van der Waals surface area contributed by atoms with Gasteiger partial charge in [0, 0.05) is 38.1 Å². The molecular formula is C19H24ClN5O5S. The number of hydrogen-bond donors (Lipinski definition) is 3. The summed E-state index contributed by atoms with van der Waals surface area (Å²) in [6, 6.07) is 13.5. The Balaban J connectivity index is 0.000000628. The molecular weight excluding hydrogens is 446 g/mol. The van der Waals surface area contributed by atoms with Gasteiger partial charge in [-0.3, -0.25) is 0 Å². The van der Waals surface area contributed by atoms with Crippen LogP contribution in [0.4, 0.5) is 10.6 Å². The van der Waals surface area contributed by atoms with E-state index in [9.17, 15) is 8.42 Å². The lowest BCUT2D eigenvalue weighted by Crippen LogP contribution is -2.52. The van der Waals surface area contributed by atoms with Gasteiger partial charge in [-0.05, 0) is 23.6 Å². The van der Waals surface area contributed by atoms with Crippen molar-refractivity contribution in [3.63, 3.8) is 0 Å². The Labute approximate surface area is 185 Å². The van der Waals surface area contributed by atoms with E-state index in [0.717, 1.165) is 0 Å². The molecule has 2 aliphatic rings. The molecule has 168 valence electrons. The van der Waals surface area contributed by atoms with Crippen molar-refractivity contribution in [2.45, 2.75) is 18.9 Å². The van der Waals surface area contributed by atoms with Gasteiger partial charge in [-0.1, -0.05) is 48.9 Å². The Morgan fingerprint density at radius 2 is 1.68 bits per heavy atom. The zero-order chi connectivity index (χ0) is 22.6. The number of benzene rings is 1. The van der Waals surface area contributed by atoms with Crippen molar-refractivity contribution in [1.29, 1.82) is 0 Å². The summed E-state index contributed by atoms with van der Waals surface area (Å²) >= 11 is 5.77. The second-order valence-corrected chi connectivity index (χ2v) is 9.42. The number of nitrogens with zero attached hydrogens (tertiary/aromatic N) is 4. The first kappa shape index (κ1) is 23.2. The molecule has 2 fully saturated rings. The van der Waals surface area contributed by atoms with Crippen molar-refractivity contribution in [2.24, 2.45) is 5.92 Å². The van der Waals surface area contributed by atoms with Gasteiger partial charge in [-0.2, -0.15) is 17.4 Å². The summed E-state index contributed by atoms with van der Waals surface area (Å²) in [5.74, 6) is 1.25. The molecule has 0 spiro atoms. The van der Waals surface area contributed by atoms with Gasteiger partial charge in [0.2, 0.25) is 0 Å². The summed E-state index contributed by atoms with van der Waals surface area (Å²) in [6.07, 6.45) is -1.83. The molecule has 0 unspecified atom stereocenters. The van der Waals surface area contributed by atoms with Crippen LogP contribution >= 0.6 is 11.6 Å². The fourth-order valence-electron chi connectivity index (χ4n) is 3.71. The lowest BCUT2D eigenvalue weighted by Gasteiger charge is -2.34. The second-order valence-electron chi connectivity index (χ2n) is 7.33. The summed E-state index contributed by atoms with van der Waals surface area (Å²) in [4.78, 5) is 10.6. The topological polar surface area (TPSA) is 136 Å². The molecule has 1 aromatic carbocycles. The fraction of sp³-hybridized carbons (Fsp3) is 0.421. The van der Waals surface area contributed by atoms with Crippen molar-refractivity contribution >= 4 is 33.8 Å². The number of aromatic nitrogens is 2. The maximum Gasteiger partial charge on any atom is 0.503 e. The van der Waals surface area contributed by atoms with Crippen LogP contribution in [0.3, 0.4) is 0 Å². The smallest absolute Gasteiger partial charge is 0.450 e. The fourth-order valence-corrected chi connectivity index (χ4v) is 5.31. The number of carbonyl (C=O) groups is 1. The largest absolute Gasteiger partial charge is 0.503 e. The van der Waals surface area contributed by atoms with Crippen LogP contribution < -0.4 is 9.62 Å². The van der Waals surface area contributed by atoms with E-state index in [4.69, 9.17) is 26.6 Å². The Kier molecular flexibility index (Phi) is 7.31. The standard InChI is InChI=1S/C18H22ClN5O2S.CH2O3/c1-13-17(14-5-3-2-4-6-14)18(13)22-27(25,26)24-11-9-23(10-12-24)16-8-7-15(19)20-21-16;2-1(3)4/h2-8,13,17-18,22H,9-12H2,1H3;(H2,2,3,4)/t13-,17-,18+;/m1./s1. The third-order valence-electron chi connectivity index (χ3n) is 5.37. The third-order valence-corrected chi connectivity index (χ3v) is 7.19. The molecule has 0 amide bonds. The summed E-state index contributed by atoms with van der Waals surface area (Å²) in [7, 11) is -3.51. The van der Waals surface area contributed by atoms with Gasteiger partial charge in [-0.25, -0.2) is 4.79 Å². The summed E-state index contributed by atoms with van der Waals surface area (Å²) in [6.45, 7) is 4.05. The Morgan fingerprint density at radius 3 is 2.23 bits per heavy atom. The SMILES string of the molecule is C[C@H]1[C@H](NS(=O)(=O)N2CCN(c3ccc(Cl)nn3)CC2)[C@H]1c1ccccc1.O=C(O)O. The number of anilines is 1. The highest BCUT2D eigenvalue weighted by Gasteiger charge is 2.50. The van der Waals surface area contributed by atoms with E-state index in [1.807, 2.05) is 23.1 Å². The van der Waals surface area contributed by atoms with Crippen LogP contribution in [0.5, 0.6) is 0 Å². The zero-order valence-electron chi connectivity index (χ0n) is 16.8. The highest BCUT2D eigenvalue weighted by Crippen LogP contribution is 2.47. The molecule has 1 aromatic heterocycles. The number of carboxylic acid groups (broad SMARTS) is 2. The van der Waals surface area contributed by atoms with Crippen LogP contribution in [0.2, 0.25) is 5.15 Å². The van der Waals surface area contributed by atoms with Gasteiger partial charge in [0.1, 0.15) is 0 Å². The number of hydrogen-bond acceptors (Lipinski definition) is 6. The predicted octanol–water partition coefficient (Wildman–Crippen LogP) is 2.11. The van der Waals surface area contributed by atoms with Crippen molar-refractivity contribution in [2.75, 3.05) is 31.1 Å².